The Kier molecular flexibility index (Phi) is 4.15. The Bertz CT molecular complexity index is 854. The second kappa shape index (κ2) is 6.36. The van der Waals surface area contributed by atoms with Crippen LogP contribution in [-0.2, 0) is 12.0 Å². The Morgan fingerprint density at radius 3 is 2.58 bits per heavy atom. The van der Waals surface area contributed by atoms with Crippen LogP contribution in [-0.4, -0.2) is 50.7 Å². The van der Waals surface area contributed by atoms with E-state index in [2.05, 4.69) is 75.5 Å². The maximum Gasteiger partial charge on any atom is 0.151 e. The highest BCUT2D eigenvalue weighted by Gasteiger charge is 2.31. The number of nitrogens with zero attached hydrogens (tertiary/aromatic N) is 6. The van der Waals surface area contributed by atoms with Crippen molar-refractivity contribution >= 4 is 11.5 Å². The molecule has 0 aliphatic carbocycles. The molecule has 6 heteroatoms. The average Bonchev–Trinajstić information content (AvgIpc) is 2.95. The minimum Gasteiger partial charge on any atom is -0.352 e. The number of anilines is 1. The number of rotatable bonds is 4. The molecule has 0 saturated carbocycles. The molecule has 136 valence electrons. The van der Waals surface area contributed by atoms with Crippen molar-refractivity contribution in [3.8, 4) is 0 Å². The van der Waals surface area contributed by atoms with E-state index in [0.29, 0.717) is 6.04 Å². The molecule has 1 aliphatic heterocycles. The molecular weight excluding hydrogens is 324 g/mol. The van der Waals surface area contributed by atoms with E-state index < -0.39 is 0 Å². The molecule has 3 aromatic rings. The van der Waals surface area contributed by atoms with Gasteiger partial charge < -0.3 is 9.30 Å². The number of aromatic nitrogens is 4. The smallest absolute Gasteiger partial charge is 0.151 e. The second-order valence-corrected chi connectivity index (χ2v) is 8.20. The first-order valence-electron chi connectivity index (χ1n) is 9.12. The predicted molar refractivity (Wildman–Crippen MR) is 103 cm³/mol. The van der Waals surface area contributed by atoms with Crippen molar-refractivity contribution in [2.45, 2.75) is 38.8 Å². The molecule has 1 aliphatic rings. The molecule has 1 saturated heterocycles. The molecule has 4 rings (SSSR count). The van der Waals surface area contributed by atoms with Gasteiger partial charge in [0.2, 0.25) is 0 Å². The molecule has 4 heterocycles. The molecule has 3 aromatic heterocycles. The highest BCUT2D eigenvalue weighted by Crippen LogP contribution is 2.24. The van der Waals surface area contributed by atoms with Gasteiger partial charge in [0.25, 0.3) is 0 Å². The molecule has 0 bridgehead atoms. The summed E-state index contributed by atoms with van der Waals surface area (Å²) in [6, 6.07) is 10.8. The lowest BCUT2D eigenvalue weighted by atomic mass is 9.92. The summed E-state index contributed by atoms with van der Waals surface area (Å²) in [4.78, 5) is 9.34. The van der Waals surface area contributed by atoms with E-state index in [-0.39, 0.29) is 5.41 Å². The number of fused-ring (bicyclic) bond motifs is 1. The zero-order valence-corrected chi connectivity index (χ0v) is 15.9. The maximum absolute atomic E-state index is 4.69. The van der Waals surface area contributed by atoms with Gasteiger partial charge in [0.1, 0.15) is 5.65 Å². The topological polar surface area (TPSA) is 49.6 Å². The number of hydrogen-bond acceptors (Lipinski definition) is 5. The molecule has 0 radical (unpaired) electrons. The summed E-state index contributed by atoms with van der Waals surface area (Å²) in [5.41, 5.74) is 3.17. The minimum atomic E-state index is 0.0390. The molecule has 0 aromatic carbocycles. The van der Waals surface area contributed by atoms with E-state index in [1.165, 1.54) is 0 Å². The van der Waals surface area contributed by atoms with Gasteiger partial charge in [-0.3, -0.25) is 4.90 Å². The lowest BCUT2D eigenvalue weighted by Crippen LogP contribution is -2.58. The van der Waals surface area contributed by atoms with Gasteiger partial charge in [-0.1, -0.05) is 26.8 Å². The van der Waals surface area contributed by atoms with Crippen molar-refractivity contribution in [2.24, 2.45) is 0 Å². The monoisotopic (exact) mass is 350 g/mol. The van der Waals surface area contributed by atoms with Crippen molar-refractivity contribution in [3.05, 3.63) is 54.1 Å². The van der Waals surface area contributed by atoms with Gasteiger partial charge in [0.05, 0.1) is 11.4 Å². The molecule has 0 amide bonds. The average molecular weight is 350 g/mol. The summed E-state index contributed by atoms with van der Waals surface area (Å²) in [6.07, 6.45) is 4.15. The summed E-state index contributed by atoms with van der Waals surface area (Å²) in [5, 5.41) is 8.81. The Balaban J connectivity index is 1.35. The summed E-state index contributed by atoms with van der Waals surface area (Å²) < 4.78 is 2.07. The summed E-state index contributed by atoms with van der Waals surface area (Å²) in [5.74, 6) is 0.968. The Morgan fingerprint density at radius 2 is 1.92 bits per heavy atom. The van der Waals surface area contributed by atoms with Crippen LogP contribution < -0.4 is 4.90 Å². The van der Waals surface area contributed by atoms with E-state index in [1.54, 1.807) is 0 Å². The minimum absolute atomic E-state index is 0.0390. The third-order valence-corrected chi connectivity index (χ3v) is 5.05. The molecule has 1 fully saturated rings. The van der Waals surface area contributed by atoms with Gasteiger partial charge >= 0.3 is 0 Å². The number of likely N-dealkylation sites (N-methyl/N-ethyl adjacent to an activating group) is 1. The first kappa shape index (κ1) is 17.0. The first-order valence-corrected chi connectivity index (χ1v) is 9.12. The summed E-state index contributed by atoms with van der Waals surface area (Å²) >= 11 is 0. The number of imidazole rings is 1. The third kappa shape index (κ3) is 3.29. The quantitative estimate of drug-likeness (QED) is 0.724. The van der Waals surface area contributed by atoms with E-state index >= 15 is 0 Å². The molecule has 0 N–H and O–H groups in total. The van der Waals surface area contributed by atoms with E-state index in [9.17, 15) is 0 Å². The summed E-state index contributed by atoms with van der Waals surface area (Å²) in [6.45, 7) is 9.29. The fraction of sp³-hybridized carbons (Fsp3) is 0.450. The largest absolute Gasteiger partial charge is 0.352 e. The fourth-order valence-corrected chi connectivity index (χ4v) is 3.26. The standard InChI is InChI=1S/C20H26N6/c1-20(2,3)17-8-9-19(23-22-17)26-13-16(14-26)24(4)11-15-12-25-10-6-5-7-18(25)21-15/h5-10,12,16H,11,13-14H2,1-4H3. The number of hydrogen-bond donors (Lipinski definition) is 0. The van der Waals surface area contributed by atoms with Crippen molar-refractivity contribution in [1.82, 2.24) is 24.5 Å². The molecule has 6 nitrogen and oxygen atoms in total. The second-order valence-electron chi connectivity index (χ2n) is 8.20. The summed E-state index contributed by atoms with van der Waals surface area (Å²) in [7, 11) is 2.17. The fourth-order valence-electron chi connectivity index (χ4n) is 3.26. The Morgan fingerprint density at radius 1 is 1.12 bits per heavy atom. The van der Waals surface area contributed by atoms with E-state index in [1.807, 2.05) is 24.4 Å². The van der Waals surface area contributed by atoms with Crippen LogP contribution in [0.5, 0.6) is 0 Å². The van der Waals surface area contributed by atoms with Crippen molar-refractivity contribution in [1.29, 1.82) is 0 Å². The SMILES string of the molecule is CN(Cc1cn2ccccc2n1)C1CN(c2ccc(C(C)(C)C)nn2)C1. The van der Waals surface area contributed by atoms with Crippen molar-refractivity contribution < 1.29 is 0 Å². The van der Waals surface area contributed by atoms with Crippen LogP contribution in [0.25, 0.3) is 5.65 Å². The first-order chi connectivity index (χ1) is 12.4. The predicted octanol–water partition coefficient (Wildman–Crippen LogP) is 2.74. The van der Waals surface area contributed by atoms with Gasteiger partial charge in [0.15, 0.2) is 5.82 Å². The third-order valence-electron chi connectivity index (χ3n) is 5.05. The molecule has 26 heavy (non-hydrogen) atoms. The highest BCUT2D eigenvalue weighted by atomic mass is 15.4. The van der Waals surface area contributed by atoms with Gasteiger partial charge in [-0.15, -0.1) is 5.10 Å². The lowest BCUT2D eigenvalue weighted by Gasteiger charge is -2.44. The number of pyridine rings is 1. The highest BCUT2D eigenvalue weighted by molar-refractivity contribution is 5.42. The zero-order chi connectivity index (χ0) is 18.3. The molecule has 0 spiro atoms. The van der Waals surface area contributed by atoms with Crippen molar-refractivity contribution in [2.75, 3.05) is 25.0 Å². The van der Waals surface area contributed by atoms with E-state index in [4.69, 9.17) is 0 Å². The molecule has 0 unspecified atom stereocenters. The van der Waals surface area contributed by atoms with Crippen LogP contribution in [0.4, 0.5) is 5.82 Å². The van der Waals surface area contributed by atoms with Crippen LogP contribution in [0, 0.1) is 0 Å². The van der Waals surface area contributed by atoms with E-state index in [0.717, 1.165) is 42.5 Å². The normalized spacial score (nSPS) is 15.7. The lowest BCUT2D eigenvalue weighted by molar-refractivity contribution is 0.195. The van der Waals surface area contributed by atoms with Crippen LogP contribution in [0.15, 0.2) is 42.7 Å². The van der Waals surface area contributed by atoms with Crippen molar-refractivity contribution in [3.63, 3.8) is 0 Å². The maximum atomic E-state index is 4.69. The molecule has 0 atom stereocenters. The van der Waals surface area contributed by atoms with Crippen LogP contribution in [0.3, 0.4) is 0 Å². The Hall–Kier alpha value is -2.47. The van der Waals surface area contributed by atoms with Crippen LogP contribution >= 0.6 is 0 Å². The van der Waals surface area contributed by atoms with Crippen LogP contribution in [0.1, 0.15) is 32.2 Å². The van der Waals surface area contributed by atoms with Gasteiger partial charge in [-0.05, 0) is 31.3 Å². The van der Waals surface area contributed by atoms with Crippen LogP contribution in [0.2, 0.25) is 0 Å². The Labute approximate surface area is 154 Å². The van der Waals surface area contributed by atoms with Gasteiger partial charge in [0, 0.05) is 43.5 Å². The van der Waals surface area contributed by atoms with Gasteiger partial charge in [-0.2, -0.15) is 5.10 Å². The molecular formula is C20H26N6. The van der Waals surface area contributed by atoms with Gasteiger partial charge in [-0.25, -0.2) is 4.98 Å². The zero-order valence-electron chi connectivity index (χ0n) is 15.9.